The largest absolute Gasteiger partial charge is 0.384 e. The smallest absolute Gasteiger partial charge is 0.254 e. The van der Waals surface area contributed by atoms with Crippen molar-refractivity contribution in [2.24, 2.45) is 5.92 Å². The fraction of sp³-hybridized carbons (Fsp3) is 0.611. The highest BCUT2D eigenvalue weighted by atomic mass is 16.2. The van der Waals surface area contributed by atoms with Crippen molar-refractivity contribution in [3.8, 4) is 0 Å². The summed E-state index contributed by atoms with van der Waals surface area (Å²) in [6.45, 7) is 1.96. The number of nitrogens with zero attached hydrogens (tertiary/aromatic N) is 1. The lowest BCUT2D eigenvalue weighted by Gasteiger charge is -2.44. The molecule has 1 saturated heterocycles. The van der Waals surface area contributed by atoms with Crippen LogP contribution in [-0.2, 0) is 6.42 Å². The van der Waals surface area contributed by atoms with E-state index in [0.29, 0.717) is 6.04 Å². The Balaban J connectivity index is 1.58. The monoisotopic (exact) mass is 284 g/mol. The molecule has 1 aliphatic carbocycles. The molecule has 1 N–H and O–H groups in total. The second kappa shape index (κ2) is 5.36. The molecule has 3 nitrogen and oxygen atoms in total. The first-order chi connectivity index (χ1) is 10.3. The Labute approximate surface area is 126 Å². The number of carbonyl (C=O) groups is 1. The van der Waals surface area contributed by atoms with Crippen molar-refractivity contribution < 1.29 is 4.79 Å². The molecule has 1 aromatic carbocycles. The summed E-state index contributed by atoms with van der Waals surface area (Å²) in [5.74, 6) is 1.02. The SMILES string of the molecule is O=C(c1ccc2c(c1)CCN2)N1CCC[C@@H]2CCCC[C@@H]21. The fourth-order valence-electron chi connectivity index (χ4n) is 4.48. The Bertz CT molecular complexity index is 552. The number of likely N-dealkylation sites (tertiary alicyclic amines) is 1. The predicted molar refractivity (Wildman–Crippen MR) is 84.7 cm³/mol. The van der Waals surface area contributed by atoms with Crippen LogP contribution in [0.3, 0.4) is 0 Å². The summed E-state index contributed by atoms with van der Waals surface area (Å²) in [5.41, 5.74) is 3.41. The lowest BCUT2D eigenvalue weighted by atomic mass is 9.78. The quantitative estimate of drug-likeness (QED) is 0.856. The molecule has 2 atom stereocenters. The summed E-state index contributed by atoms with van der Waals surface area (Å²) in [6.07, 6.45) is 8.72. The van der Waals surface area contributed by atoms with Gasteiger partial charge >= 0.3 is 0 Å². The van der Waals surface area contributed by atoms with Crippen molar-refractivity contribution in [3.05, 3.63) is 29.3 Å². The van der Waals surface area contributed by atoms with E-state index >= 15 is 0 Å². The van der Waals surface area contributed by atoms with Gasteiger partial charge in [-0.05, 0) is 61.8 Å². The van der Waals surface area contributed by atoms with Crippen molar-refractivity contribution in [3.63, 3.8) is 0 Å². The number of hydrogen-bond acceptors (Lipinski definition) is 2. The molecular formula is C18H24N2O. The Morgan fingerprint density at radius 2 is 2.00 bits per heavy atom. The highest BCUT2D eigenvalue weighted by Crippen LogP contribution is 2.36. The summed E-state index contributed by atoms with van der Waals surface area (Å²) in [7, 11) is 0. The van der Waals surface area contributed by atoms with E-state index < -0.39 is 0 Å². The van der Waals surface area contributed by atoms with E-state index in [1.807, 2.05) is 6.07 Å². The van der Waals surface area contributed by atoms with Gasteiger partial charge < -0.3 is 10.2 Å². The molecule has 1 amide bonds. The topological polar surface area (TPSA) is 32.3 Å². The maximum absolute atomic E-state index is 13.0. The molecule has 112 valence electrons. The van der Waals surface area contributed by atoms with Crippen molar-refractivity contribution in [2.75, 3.05) is 18.4 Å². The van der Waals surface area contributed by atoms with E-state index in [-0.39, 0.29) is 5.91 Å². The first-order valence-electron chi connectivity index (χ1n) is 8.51. The van der Waals surface area contributed by atoms with Gasteiger partial charge in [-0.25, -0.2) is 0 Å². The van der Waals surface area contributed by atoms with Gasteiger partial charge in [0.15, 0.2) is 0 Å². The molecule has 0 unspecified atom stereocenters. The first kappa shape index (κ1) is 13.2. The molecule has 2 fully saturated rings. The summed E-state index contributed by atoms with van der Waals surface area (Å²) >= 11 is 0. The maximum atomic E-state index is 13.0. The zero-order valence-electron chi connectivity index (χ0n) is 12.6. The maximum Gasteiger partial charge on any atom is 0.254 e. The van der Waals surface area contributed by atoms with Gasteiger partial charge in [-0.1, -0.05) is 12.8 Å². The minimum Gasteiger partial charge on any atom is -0.384 e. The van der Waals surface area contributed by atoms with Gasteiger partial charge in [0.1, 0.15) is 0 Å². The van der Waals surface area contributed by atoms with Crippen molar-refractivity contribution >= 4 is 11.6 Å². The zero-order valence-corrected chi connectivity index (χ0v) is 12.6. The Morgan fingerprint density at radius 3 is 2.95 bits per heavy atom. The molecule has 1 aromatic rings. The molecule has 2 heterocycles. The lowest BCUT2D eigenvalue weighted by molar-refractivity contribution is 0.0390. The number of benzene rings is 1. The van der Waals surface area contributed by atoms with E-state index in [4.69, 9.17) is 0 Å². The summed E-state index contributed by atoms with van der Waals surface area (Å²) in [6, 6.07) is 6.71. The van der Waals surface area contributed by atoms with Gasteiger partial charge in [0.05, 0.1) is 0 Å². The second-order valence-corrected chi connectivity index (χ2v) is 6.80. The van der Waals surface area contributed by atoms with Gasteiger partial charge in [-0.3, -0.25) is 4.79 Å². The van der Waals surface area contributed by atoms with Gasteiger partial charge in [0.2, 0.25) is 0 Å². The molecule has 4 rings (SSSR count). The normalized spacial score (nSPS) is 27.7. The number of rotatable bonds is 1. The number of fused-ring (bicyclic) bond motifs is 2. The summed E-state index contributed by atoms with van der Waals surface area (Å²) in [5, 5.41) is 3.37. The number of nitrogens with one attached hydrogen (secondary N) is 1. The van der Waals surface area contributed by atoms with E-state index in [2.05, 4.69) is 22.3 Å². The number of piperidine rings is 1. The van der Waals surface area contributed by atoms with Crippen LogP contribution in [0.5, 0.6) is 0 Å². The van der Waals surface area contributed by atoms with Crippen LogP contribution in [0.25, 0.3) is 0 Å². The number of hydrogen-bond donors (Lipinski definition) is 1. The minimum atomic E-state index is 0.265. The van der Waals surface area contributed by atoms with Crippen LogP contribution >= 0.6 is 0 Å². The van der Waals surface area contributed by atoms with Gasteiger partial charge in [0.25, 0.3) is 5.91 Å². The standard InChI is InChI=1S/C18H24N2O/c21-18(15-7-8-16-14(12-15)9-10-19-16)20-11-3-5-13-4-1-2-6-17(13)20/h7-8,12-13,17,19H,1-6,9-11H2/t13-,17-/m0/s1. The Kier molecular flexibility index (Phi) is 3.36. The first-order valence-corrected chi connectivity index (χ1v) is 8.51. The molecular weight excluding hydrogens is 260 g/mol. The second-order valence-electron chi connectivity index (χ2n) is 6.80. The van der Waals surface area contributed by atoms with Crippen LogP contribution < -0.4 is 5.32 Å². The van der Waals surface area contributed by atoms with Crippen molar-refractivity contribution in [1.29, 1.82) is 0 Å². The van der Waals surface area contributed by atoms with Crippen LogP contribution in [0.15, 0.2) is 18.2 Å². The molecule has 0 spiro atoms. The molecule has 21 heavy (non-hydrogen) atoms. The molecule has 0 radical (unpaired) electrons. The van der Waals surface area contributed by atoms with Crippen LogP contribution in [0.1, 0.15) is 54.4 Å². The highest BCUT2D eigenvalue weighted by molar-refractivity contribution is 5.95. The Hall–Kier alpha value is -1.51. The highest BCUT2D eigenvalue weighted by Gasteiger charge is 2.36. The fourth-order valence-corrected chi connectivity index (χ4v) is 4.48. The third kappa shape index (κ3) is 2.33. The van der Waals surface area contributed by atoms with E-state index in [1.165, 1.54) is 49.8 Å². The van der Waals surface area contributed by atoms with Crippen molar-refractivity contribution in [1.82, 2.24) is 4.90 Å². The molecule has 3 heteroatoms. The van der Waals surface area contributed by atoms with Crippen LogP contribution in [0.2, 0.25) is 0 Å². The predicted octanol–water partition coefficient (Wildman–Crippen LogP) is 3.45. The summed E-state index contributed by atoms with van der Waals surface area (Å²) in [4.78, 5) is 15.2. The Morgan fingerprint density at radius 1 is 1.14 bits per heavy atom. The van der Waals surface area contributed by atoms with Gasteiger partial charge in [-0.15, -0.1) is 0 Å². The van der Waals surface area contributed by atoms with Crippen molar-refractivity contribution in [2.45, 2.75) is 51.0 Å². The zero-order chi connectivity index (χ0) is 14.2. The van der Waals surface area contributed by atoms with Gasteiger partial charge in [0, 0.05) is 30.4 Å². The molecule has 2 aliphatic heterocycles. The van der Waals surface area contributed by atoms with E-state index in [1.54, 1.807) is 0 Å². The molecule has 3 aliphatic rings. The lowest BCUT2D eigenvalue weighted by Crippen LogP contribution is -2.49. The third-order valence-corrected chi connectivity index (χ3v) is 5.57. The van der Waals surface area contributed by atoms with Crippen LogP contribution in [0, 0.1) is 5.92 Å². The van der Waals surface area contributed by atoms with E-state index in [9.17, 15) is 4.79 Å². The molecule has 1 saturated carbocycles. The molecule has 0 bridgehead atoms. The summed E-state index contributed by atoms with van der Waals surface area (Å²) < 4.78 is 0. The number of carbonyl (C=O) groups excluding carboxylic acids is 1. The van der Waals surface area contributed by atoms with E-state index in [0.717, 1.165) is 31.0 Å². The minimum absolute atomic E-state index is 0.265. The average molecular weight is 284 g/mol. The third-order valence-electron chi connectivity index (χ3n) is 5.57. The van der Waals surface area contributed by atoms with Gasteiger partial charge in [-0.2, -0.15) is 0 Å². The van der Waals surface area contributed by atoms with Crippen LogP contribution in [0.4, 0.5) is 5.69 Å². The molecule has 0 aromatic heterocycles. The average Bonchev–Trinajstić information content (AvgIpc) is 3.01. The number of amides is 1. The number of anilines is 1. The van der Waals surface area contributed by atoms with Crippen LogP contribution in [-0.4, -0.2) is 29.9 Å².